The average Bonchev–Trinajstić information content (AvgIpc) is 2.36. The summed E-state index contributed by atoms with van der Waals surface area (Å²) in [4.78, 5) is 11.8. The number of nitrogens with two attached hydrogens (primary N) is 1. The van der Waals surface area contributed by atoms with E-state index in [-0.39, 0.29) is 5.91 Å². The highest BCUT2D eigenvalue weighted by Gasteiger charge is 2.34. The van der Waals surface area contributed by atoms with Crippen molar-refractivity contribution in [3.8, 4) is 0 Å². The summed E-state index contributed by atoms with van der Waals surface area (Å²) in [6, 6.07) is 7.78. The third-order valence-corrected chi connectivity index (χ3v) is 3.97. The van der Waals surface area contributed by atoms with E-state index < -0.39 is 5.54 Å². The molecule has 3 N–H and O–H groups in total. The molecule has 0 aliphatic heterocycles. The van der Waals surface area contributed by atoms with Gasteiger partial charge in [0.15, 0.2) is 0 Å². The van der Waals surface area contributed by atoms with Gasteiger partial charge in [-0.1, -0.05) is 38.8 Å². The molecule has 100 valence electrons. The van der Waals surface area contributed by atoms with Crippen LogP contribution in [0.3, 0.4) is 0 Å². The summed E-state index contributed by atoms with van der Waals surface area (Å²) in [5.74, 6) is -0.283. The molecular weight excluding hydrogens is 292 g/mol. The Kier molecular flexibility index (Phi) is 5.66. The first-order chi connectivity index (χ1) is 8.55. The molecule has 4 heteroatoms. The van der Waals surface area contributed by atoms with Crippen LogP contribution in [0.4, 0.5) is 5.69 Å². The molecule has 0 saturated carbocycles. The molecule has 0 aliphatic rings. The number of benzene rings is 1. The Hall–Kier alpha value is -1.03. The average molecular weight is 313 g/mol. The van der Waals surface area contributed by atoms with Gasteiger partial charge in [-0.25, -0.2) is 0 Å². The predicted molar refractivity (Wildman–Crippen MR) is 79.5 cm³/mol. The van der Waals surface area contributed by atoms with E-state index in [0.717, 1.165) is 29.4 Å². The van der Waals surface area contributed by atoms with Gasteiger partial charge in [0.25, 0.3) is 0 Å². The number of halogens is 1. The van der Waals surface area contributed by atoms with Crippen LogP contribution in [0.1, 0.15) is 39.5 Å². The zero-order valence-electron chi connectivity index (χ0n) is 11.0. The van der Waals surface area contributed by atoms with Crippen LogP contribution in [-0.2, 0) is 4.79 Å². The van der Waals surface area contributed by atoms with Crippen LogP contribution in [0.5, 0.6) is 0 Å². The van der Waals surface area contributed by atoms with Gasteiger partial charge in [-0.15, -0.1) is 0 Å². The van der Waals surface area contributed by atoms with Crippen molar-refractivity contribution < 1.29 is 4.79 Å². The third-order valence-electron chi connectivity index (χ3n) is 3.28. The molecule has 1 atom stereocenters. The lowest BCUT2D eigenvalue weighted by atomic mass is 9.88. The van der Waals surface area contributed by atoms with Gasteiger partial charge in [0.1, 0.15) is 5.54 Å². The van der Waals surface area contributed by atoms with Crippen LogP contribution in [0.2, 0.25) is 0 Å². The fraction of sp³-hybridized carbons (Fsp3) is 0.500. The van der Waals surface area contributed by atoms with E-state index >= 15 is 0 Å². The van der Waals surface area contributed by atoms with Crippen LogP contribution >= 0.6 is 15.9 Å². The Balaban J connectivity index is 2.97. The van der Waals surface area contributed by atoms with Crippen LogP contribution in [0, 0.1) is 0 Å². The number of carbonyl (C=O) groups excluding carboxylic acids is 1. The van der Waals surface area contributed by atoms with Crippen molar-refractivity contribution in [2.75, 3.05) is 5.32 Å². The lowest BCUT2D eigenvalue weighted by Crippen LogP contribution is -2.50. The van der Waals surface area contributed by atoms with E-state index in [4.69, 9.17) is 5.73 Å². The number of hydrogen-bond donors (Lipinski definition) is 2. The molecule has 1 aromatic rings. The molecule has 0 heterocycles. The molecule has 3 nitrogen and oxygen atoms in total. The first-order valence-corrected chi connectivity index (χ1v) is 7.17. The second-order valence-electron chi connectivity index (χ2n) is 4.51. The highest BCUT2D eigenvalue weighted by Crippen LogP contribution is 2.29. The van der Waals surface area contributed by atoms with Crippen LogP contribution in [0.25, 0.3) is 0 Å². The first-order valence-electron chi connectivity index (χ1n) is 6.38. The Bertz CT molecular complexity index is 409. The summed E-state index contributed by atoms with van der Waals surface area (Å²) in [5.41, 5.74) is 5.86. The van der Waals surface area contributed by atoms with E-state index in [9.17, 15) is 4.79 Å². The van der Waals surface area contributed by atoms with E-state index in [1.807, 2.05) is 31.2 Å². The fourth-order valence-electron chi connectivity index (χ4n) is 1.99. The van der Waals surface area contributed by atoms with E-state index in [2.05, 4.69) is 28.2 Å². The van der Waals surface area contributed by atoms with Crippen molar-refractivity contribution >= 4 is 27.5 Å². The number of nitrogens with one attached hydrogen (secondary N) is 1. The van der Waals surface area contributed by atoms with Gasteiger partial charge < -0.3 is 11.1 Å². The van der Waals surface area contributed by atoms with Gasteiger partial charge in [0.2, 0.25) is 5.91 Å². The number of hydrogen-bond acceptors (Lipinski definition) is 2. The molecule has 0 spiro atoms. The van der Waals surface area contributed by atoms with E-state index in [1.165, 1.54) is 0 Å². The summed E-state index contributed by atoms with van der Waals surface area (Å²) < 4.78 is 0.945. The standard InChI is InChI=1S/C14H21BrN2O/c1-3-5-10-14(4-2,13(16)18)17-12-9-7-6-8-11(12)15/h6-9,17H,3-5,10H2,1-2H3,(H2,16,18). The molecule has 1 unspecified atom stereocenters. The molecule has 0 aliphatic carbocycles. The molecule has 1 amide bonds. The minimum absolute atomic E-state index is 0.283. The van der Waals surface area contributed by atoms with Crippen molar-refractivity contribution in [3.63, 3.8) is 0 Å². The Morgan fingerprint density at radius 1 is 1.39 bits per heavy atom. The van der Waals surface area contributed by atoms with Crippen LogP contribution < -0.4 is 11.1 Å². The van der Waals surface area contributed by atoms with Crippen molar-refractivity contribution in [3.05, 3.63) is 28.7 Å². The number of unbranched alkanes of at least 4 members (excludes halogenated alkanes) is 1. The number of amides is 1. The smallest absolute Gasteiger partial charge is 0.243 e. The van der Waals surface area contributed by atoms with Crippen molar-refractivity contribution in [2.45, 2.75) is 45.1 Å². The molecule has 1 aromatic carbocycles. The highest BCUT2D eigenvalue weighted by atomic mass is 79.9. The molecule has 0 bridgehead atoms. The summed E-state index contributed by atoms with van der Waals surface area (Å²) >= 11 is 3.48. The number of anilines is 1. The molecule has 0 aromatic heterocycles. The zero-order valence-corrected chi connectivity index (χ0v) is 12.6. The summed E-state index contributed by atoms with van der Waals surface area (Å²) in [6.07, 6.45) is 3.47. The molecule has 1 rings (SSSR count). The minimum Gasteiger partial charge on any atom is -0.370 e. The second kappa shape index (κ2) is 6.78. The maximum Gasteiger partial charge on any atom is 0.243 e. The number of rotatable bonds is 7. The first kappa shape index (κ1) is 15.0. The monoisotopic (exact) mass is 312 g/mol. The SMILES string of the molecule is CCCCC(CC)(Nc1ccccc1Br)C(N)=O. The summed E-state index contributed by atoms with van der Waals surface area (Å²) in [7, 11) is 0. The Labute approximate surface area is 117 Å². The number of para-hydroxylation sites is 1. The molecule has 0 fully saturated rings. The third kappa shape index (κ3) is 3.48. The largest absolute Gasteiger partial charge is 0.370 e. The van der Waals surface area contributed by atoms with Crippen LogP contribution in [0.15, 0.2) is 28.7 Å². The van der Waals surface area contributed by atoms with Gasteiger partial charge >= 0.3 is 0 Å². The van der Waals surface area contributed by atoms with E-state index in [1.54, 1.807) is 0 Å². The van der Waals surface area contributed by atoms with Crippen LogP contribution in [-0.4, -0.2) is 11.4 Å². The molecule has 18 heavy (non-hydrogen) atoms. The lowest BCUT2D eigenvalue weighted by molar-refractivity contribution is -0.122. The maximum absolute atomic E-state index is 11.8. The van der Waals surface area contributed by atoms with Gasteiger partial charge in [-0.2, -0.15) is 0 Å². The summed E-state index contributed by atoms with van der Waals surface area (Å²) in [6.45, 7) is 4.10. The minimum atomic E-state index is -0.653. The predicted octanol–water partition coefficient (Wildman–Crippen LogP) is 3.69. The number of carbonyl (C=O) groups is 1. The van der Waals surface area contributed by atoms with Gasteiger partial charge in [0, 0.05) is 10.2 Å². The van der Waals surface area contributed by atoms with Gasteiger partial charge in [-0.3, -0.25) is 4.79 Å². The van der Waals surface area contributed by atoms with Crippen molar-refractivity contribution in [1.82, 2.24) is 0 Å². The van der Waals surface area contributed by atoms with E-state index in [0.29, 0.717) is 6.42 Å². The van der Waals surface area contributed by atoms with Gasteiger partial charge in [0.05, 0.1) is 0 Å². The second-order valence-corrected chi connectivity index (χ2v) is 5.36. The fourth-order valence-corrected chi connectivity index (χ4v) is 2.37. The topological polar surface area (TPSA) is 55.1 Å². The molecular formula is C14H21BrN2O. The molecule has 0 saturated heterocycles. The van der Waals surface area contributed by atoms with Crippen molar-refractivity contribution in [1.29, 1.82) is 0 Å². The quantitative estimate of drug-likeness (QED) is 0.806. The zero-order chi connectivity index (χ0) is 13.6. The maximum atomic E-state index is 11.8. The van der Waals surface area contributed by atoms with Gasteiger partial charge in [-0.05, 0) is 40.9 Å². The number of primary amides is 1. The lowest BCUT2D eigenvalue weighted by Gasteiger charge is -2.32. The summed E-state index contributed by atoms with van der Waals surface area (Å²) in [5, 5.41) is 3.32. The normalized spacial score (nSPS) is 13.9. The Morgan fingerprint density at radius 3 is 2.56 bits per heavy atom. The molecule has 0 radical (unpaired) electrons. The Morgan fingerprint density at radius 2 is 2.06 bits per heavy atom. The highest BCUT2D eigenvalue weighted by molar-refractivity contribution is 9.10. The van der Waals surface area contributed by atoms with Crippen molar-refractivity contribution in [2.24, 2.45) is 5.73 Å².